The molecule has 0 radical (unpaired) electrons. The van der Waals surface area contributed by atoms with E-state index in [1.165, 1.54) is 16.6 Å². The van der Waals surface area contributed by atoms with Crippen molar-refractivity contribution >= 4 is 17.4 Å². The van der Waals surface area contributed by atoms with Gasteiger partial charge in [-0.3, -0.25) is 9.63 Å². The van der Waals surface area contributed by atoms with Crippen LogP contribution in [0.1, 0.15) is 23.3 Å². The van der Waals surface area contributed by atoms with Crippen LogP contribution in [0.4, 0.5) is 0 Å². The van der Waals surface area contributed by atoms with E-state index < -0.39 is 0 Å². The summed E-state index contributed by atoms with van der Waals surface area (Å²) in [6, 6.07) is 0. The second kappa shape index (κ2) is 3.80. The summed E-state index contributed by atoms with van der Waals surface area (Å²) in [7, 11) is 0. The Labute approximate surface area is 79.4 Å². The van der Waals surface area contributed by atoms with Crippen LogP contribution in [0.15, 0.2) is 5.38 Å². The van der Waals surface area contributed by atoms with Crippen molar-refractivity contribution in [1.82, 2.24) is 14.7 Å². The fraction of sp³-hybridized carbons (Fsp3) is 0.571. The predicted molar refractivity (Wildman–Crippen MR) is 46.1 cm³/mol. The summed E-state index contributed by atoms with van der Waals surface area (Å²) in [5.74, 6) is -0.187. The molecule has 0 atom stereocenters. The topological polar surface area (TPSA) is 55.3 Å². The number of hydrogen-bond acceptors (Lipinski definition) is 5. The Balaban J connectivity index is 2.04. The maximum absolute atomic E-state index is 11.6. The predicted octanol–water partition coefficient (Wildman–Crippen LogP) is 0.706. The van der Waals surface area contributed by atoms with Gasteiger partial charge < -0.3 is 0 Å². The number of nitrogens with zero attached hydrogens (tertiary/aromatic N) is 3. The highest BCUT2D eigenvalue weighted by Crippen LogP contribution is 2.10. The minimum atomic E-state index is -0.187. The molecule has 1 aromatic heterocycles. The average Bonchev–Trinajstić information content (AvgIpc) is 2.71. The van der Waals surface area contributed by atoms with E-state index in [4.69, 9.17) is 4.84 Å². The third-order valence-electron chi connectivity index (χ3n) is 1.81. The normalized spacial score (nSPS) is 17.4. The van der Waals surface area contributed by atoms with Gasteiger partial charge in [0.05, 0.1) is 6.61 Å². The number of amides is 1. The summed E-state index contributed by atoms with van der Waals surface area (Å²) in [5.41, 5.74) is 0.368. The van der Waals surface area contributed by atoms with Crippen LogP contribution >= 0.6 is 11.5 Å². The fourth-order valence-electron chi connectivity index (χ4n) is 1.14. The molecular formula is C7H9N3O2S. The molecule has 1 amide bonds. The molecule has 0 N–H and O–H groups in total. The standard InChI is InChI=1S/C7H9N3O2S/c11-7(6-5-13-9-8-6)10-3-1-2-4-12-10/h5H,1-4H2. The Morgan fingerprint density at radius 3 is 3.15 bits per heavy atom. The van der Waals surface area contributed by atoms with Crippen molar-refractivity contribution in [2.24, 2.45) is 0 Å². The number of hydroxylamine groups is 2. The number of carbonyl (C=O) groups excluding carboxylic acids is 1. The lowest BCUT2D eigenvalue weighted by Gasteiger charge is -2.24. The van der Waals surface area contributed by atoms with Crippen LogP contribution in [0.25, 0.3) is 0 Å². The summed E-state index contributed by atoms with van der Waals surface area (Å²) < 4.78 is 3.63. The molecule has 70 valence electrons. The Hall–Kier alpha value is -1.01. The summed E-state index contributed by atoms with van der Waals surface area (Å²) in [6.45, 7) is 1.26. The zero-order valence-corrected chi connectivity index (χ0v) is 7.79. The highest BCUT2D eigenvalue weighted by atomic mass is 32.1. The van der Waals surface area contributed by atoms with Crippen LogP contribution in [0.5, 0.6) is 0 Å². The molecule has 1 aliphatic rings. The minimum Gasteiger partial charge on any atom is -0.271 e. The van der Waals surface area contributed by atoms with Crippen LogP contribution < -0.4 is 0 Å². The molecule has 6 heteroatoms. The largest absolute Gasteiger partial charge is 0.298 e. The van der Waals surface area contributed by atoms with E-state index in [0.29, 0.717) is 18.8 Å². The molecule has 0 unspecified atom stereocenters. The molecule has 2 rings (SSSR count). The Kier molecular flexibility index (Phi) is 2.51. The molecule has 13 heavy (non-hydrogen) atoms. The van der Waals surface area contributed by atoms with E-state index in [-0.39, 0.29) is 5.91 Å². The quantitative estimate of drug-likeness (QED) is 0.668. The van der Waals surface area contributed by atoms with E-state index in [1.54, 1.807) is 5.38 Å². The van der Waals surface area contributed by atoms with Crippen molar-refractivity contribution in [3.63, 3.8) is 0 Å². The molecule has 0 bridgehead atoms. The van der Waals surface area contributed by atoms with Crippen LogP contribution in [-0.4, -0.2) is 33.7 Å². The zero-order valence-electron chi connectivity index (χ0n) is 6.97. The van der Waals surface area contributed by atoms with E-state index >= 15 is 0 Å². The van der Waals surface area contributed by atoms with Crippen molar-refractivity contribution in [3.05, 3.63) is 11.1 Å². The highest BCUT2D eigenvalue weighted by molar-refractivity contribution is 7.03. The second-order valence-corrected chi connectivity index (χ2v) is 3.35. The first-order valence-corrected chi connectivity index (χ1v) is 4.93. The monoisotopic (exact) mass is 199 g/mol. The van der Waals surface area contributed by atoms with Crippen LogP contribution in [0.3, 0.4) is 0 Å². The van der Waals surface area contributed by atoms with Gasteiger partial charge in [0.15, 0.2) is 5.69 Å². The molecule has 0 aromatic carbocycles. The molecule has 1 saturated heterocycles. The second-order valence-electron chi connectivity index (χ2n) is 2.74. The smallest absolute Gasteiger partial charge is 0.271 e. The summed E-state index contributed by atoms with van der Waals surface area (Å²) in [5, 5.41) is 6.68. The first-order valence-electron chi connectivity index (χ1n) is 4.10. The van der Waals surface area contributed by atoms with Gasteiger partial charge in [0.25, 0.3) is 5.91 Å². The molecule has 0 spiro atoms. The van der Waals surface area contributed by atoms with Crippen LogP contribution in [-0.2, 0) is 4.84 Å². The number of carbonyl (C=O) groups is 1. The van der Waals surface area contributed by atoms with Crippen molar-refractivity contribution < 1.29 is 9.63 Å². The van der Waals surface area contributed by atoms with Gasteiger partial charge in [0.1, 0.15) is 0 Å². The summed E-state index contributed by atoms with van der Waals surface area (Å²) in [6.07, 6.45) is 2.00. The third-order valence-corrected chi connectivity index (χ3v) is 2.31. The summed E-state index contributed by atoms with van der Waals surface area (Å²) in [4.78, 5) is 16.8. The molecule has 2 heterocycles. The van der Waals surface area contributed by atoms with Crippen LogP contribution in [0.2, 0.25) is 0 Å². The van der Waals surface area contributed by atoms with Gasteiger partial charge in [0, 0.05) is 11.9 Å². The van der Waals surface area contributed by atoms with E-state index in [1.807, 2.05) is 0 Å². The molecule has 5 nitrogen and oxygen atoms in total. The first kappa shape index (κ1) is 8.58. The number of hydrogen-bond donors (Lipinski definition) is 0. The fourth-order valence-corrected chi connectivity index (χ4v) is 1.57. The lowest BCUT2D eigenvalue weighted by atomic mass is 10.3. The molecular weight excluding hydrogens is 190 g/mol. The zero-order chi connectivity index (χ0) is 9.10. The Morgan fingerprint density at radius 2 is 2.54 bits per heavy atom. The third kappa shape index (κ3) is 1.84. The van der Waals surface area contributed by atoms with Crippen molar-refractivity contribution in [3.8, 4) is 0 Å². The lowest BCUT2D eigenvalue weighted by Crippen LogP contribution is -2.35. The first-order chi connectivity index (χ1) is 6.38. The van der Waals surface area contributed by atoms with Crippen molar-refractivity contribution in [2.75, 3.05) is 13.2 Å². The van der Waals surface area contributed by atoms with E-state index in [0.717, 1.165) is 12.8 Å². The minimum absolute atomic E-state index is 0.187. The van der Waals surface area contributed by atoms with Gasteiger partial charge in [-0.05, 0) is 24.4 Å². The van der Waals surface area contributed by atoms with E-state index in [9.17, 15) is 4.79 Å². The summed E-state index contributed by atoms with van der Waals surface area (Å²) >= 11 is 1.17. The SMILES string of the molecule is O=C(c1csnn1)N1CCCCO1. The van der Waals surface area contributed by atoms with Gasteiger partial charge in [0.2, 0.25) is 0 Å². The average molecular weight is 199 g/mol. The Bertz CT molecular complexity index is 282. The number of rotatable bonds is 1. The number of aromatic nitrogens is 2. The highest BCUT2D eigenvalue weighted by Gasteiger charge is 2.21. The maximum atomic E-state index is 11.6. The van der Waals surface area contributed by atoms with Crippen LogP contribution in [0, 0.1) is 0 Å². The molecule has 1 fully saturated rings. The van der Waals surface area contributed by atoms with Crippen molar-refractivity contribution in [1.29, 1.82) is 0 Å². The molecule has 1 aromatic rings. The Morgan fingerprint density at radius 1 is 1.62 bits per heavy atom. The molecule has 0 saturated carbocycles. The van der Waals surface area contributed by atoms with Gasteiger partial charge in [-0.1, -0.05) is 4.49 Å². The van der Waals surface area contributed by atoms with Gasteiger partial charge in [-0.25, -0.2) is 5.06 Å². The van der Waals surface area contributed by atoms with Gasteiger partial charge >= 0.3 is 0 Å². The molecule has 1 aliphatic heterocycles. The van der Waals surface area contributed by atoms with Gasteiger partial charge in [-0.15, -0.1) is 5.10 Å². The van der Waals surface area contributed by atoms with E-state index in [2.05, 4.69) is 9.59 Å². The maximum Gasteiger partial charge on any atom is 0.298 e. The van der Waals surface area contributed by atoms with Gasteiger partial charge in [-0.2, -0.15) is 0 Å². The lowest BCUT2D eigenvalue weighted by molar-refractivity contribution is -0.144. The van der Waals surface area contributed by atoms with Crippen molar-refractivity contribution in [2.45, 2.75) is 12.8 Å². The molecule has 0 aliphatic carbocycles.